The second-order valence-electron chi connectivity index (χ2n) is 7.91. The minimum Gasteiger partial charge on any atom is -0.349 e. The predicted octanol–water partition coefficient (Wildman–Crippen LogP) is 4.64. The van der Waals surface area contributed by atoms with Gasteiger partial charge in [0, 0.05) is 23.7 Å². The highest BCUT2D eigenvalue weighted by Gasteiger charge is 2.18. The quantitative estimate of drug-likeness (QED) is 0.629. The molecule has 1 fully saturated rings. The lowest BCUT2D eigenvalue weighted by molar-refractivity contribution is 0.0942. The van der Waals surface area contributed by atoms with Crippen molar-refractivity contribution in [1.82, 2.24) is 20.0 Å². The maximum absolute atomic E-state index is 13.0. The number of halogens is 1. The average Bonchev–Trinajstić information content (AvgIpc) is 3.41. The number of hydrogen-bond donors (Lipinski definition) is 1. The summed E-state index contributed by atoms with van der Waals surface area (Å²) in [5, 5.41) is 8.48. The number of nitrogens with zero attached hydrogens (tertiary/aromatic N) is 3. The highest BCUT2D eigenvalue weighted by molar-refractivity contribution is 6.30. The van der Waals surface area contributed by atoms with Gasteiger partial charge in [-0.1, -0.05) is 23.7 Å². The zero-order valence-electron chi connectivity index (χ0n) is 17.5. The first-order valence-electron chi connectivity index (χ1n) is 10.5. The Kier molecular flexibility index (Phi) is 6.21. The van der Waals surface area contributed by atoms with Crippen LogP contribution in [0.3, 0.4) is 0 Å². The van der Waals surface area contributed by atoms with E-state index in [1.165, 1.54) is 24.0 Å². The Morgan fingerprint density at radius 3 is 2.47 bits per heavy atom. The molecule has 156 valence electrons. The van der Waals surface area contributed by atoms with Crippen molar-refractivity contribution in [2.45, 2.75) is 26.7 Å². The highest BCUT2D eigenvalue weighted by atomic mass is 35.5. The van der Waals surface area contributed by atoms with Crippen LogP contribution in [0.2, 0.25) is 5.02 Å². The first-order valence-corrected chi connectivity index (χ1v) is 10.8. The second-order valence-corrected chi connectivity index (χ2v) is 8.34. The Morgan fingerprint density at radius 2 is 1.77 bits per heavy atom. The average molecular weight is 423 g/mol. The maximum atomic E-state index is 13.0. The fraction of sp³-hybridized carbons (Fsp3) is 0.333. The third-order valence-corrected chi connectivity index (χ3v) is 5.98. The van der Waals surface area contributed by atoms with E-state index in [0.29, 0.717) is 17.3 Å². The van der Waals surface area contributed by atoms with Crippen LogP contribution in [0.15, 0.2) is 48.5 Å². The molecular formula is C24H27ClN4O. The zero-order chi connectivity index (χ0) is 21.1. The van der Waals surface area contributed by atoms with Gasteiger partial charge in [-0.3, -0.25) is 4.79 Å². The SMILES string of the molecule is Cc1ccc(-c2cc(C(=O)NCCN3CCCC3)n(-c3ccc(Cl)cc3)n2)cc1C. The number of rotatable bonds is 6. The van der Waals surface area contributed by atoms with E-state index in [2.05, 4.69) is 36.2 Å². The Hall–Kier alpha value is -2.63. The molecule has 0 unspecified atom stereocenters. The van der Waals surface area contributed by atoms with E-state index >= 15 is 0 Å². The van der Waals surface area contributed by atoms with E-state index in [-0.39, 0.29) is 5.91 Å². The molecule has 1 aliphatic heterocycles. The molecule has 0 radical (unpaired) electrons. The normalized spacial score (nSPS) is 14.2. The van der Waals surface area contributed by atoms with Crippen LogP contribution in [0.4, 0.5) is 0 Å². The molecule has 0 bridgehead atoms. The molecule has 30 heavy (non-hydrogen) atoms. The number of likely N-dealkylation sites (tertiary alicyclic amines) is 1. The van der Waals surface area contributed by atoms with Crippen molar-refractivity contribution in [3.8, 4) is 16.9 Å². The lowest BCUT2D eigenvalue weighted by atomic mass is 10.0. The Balaban J connectivity index is 1.62. The standard InChI is InChI=1S/C24H27ClN4O/c1-17-5-6-19(15-18(17)2)22-16-23(24(30)26-11-14-28-12-3-4-13-28)29(27-22)21-9-7-20(25)8-10-21/h5-10,15-16H,3-4,11-14H2,1-2H3,(H,26,30). The maximum Gasteiger partial charge on any atom is 0.270 e. The molecule has 1 saturated heterocycles. The third-order valence-electron chi connectivity index (χ3n) is 5.73. The van der Waals surface area contributed by atoms with Gasteiger partial charge in [-0.15, -0.1) is 0 Å². The number of carbonyl (C=O) groups excluding carboxylic acids is 1. The smallest absolute Gasteiger partial charge is 0.270 e. The molecule has 0 spiro atoms. The number of nitrogens with one attached hydrogen (secondary N) is 1. The monoisotopic (exact) mass is 422 g/mol. The van der Waals surface area contributed by atoms with Crippen molar-refractivity contribution in [2.75, 3.05) is 26.2 Å². The summed E-state index contributed by atoms with van der Waals surface area (Å²) in [4.78, 5) is 15.4. The first-order chi connectivity index (χ1) is 14.5. The van der Waals surface area contributed by atoms with Gasteiger partial charge < -0.3 is 10.2 Å². The van der Waals surface area contributed by atoms with Gasteiger partial charge in [0.1, 0.15) is 5.69 Å². The van der Waals surface area contributed by atoms with Crippen molar-refractivity contribution in [1.29, 1.82) is 0 Å². The van der Waals surface area contributed by atoms with Crippen molar-refractivity contribution in [2.24, 2.45) is 0 Å². The van der Waals surface area contributed by atoms with Gasteiger partial charge in [0.2, 0.25) is 0 Å². The largest absolute Gasteiger partial charge is 0.349 e. The summed E-state index contributed by atoms with van der Waals surface area (Å²) in [6, 6.07) is 15.5. The van der Waals surface area contributed by atoms with Gasteiger partial charge in [0.15, 0.2) is 0 Å². The van der Waals surface area contributed by atoms with Crippen molar-refractivity contribution >= 4 is 17.5 Å². The summed E-state index contributed by atoms with van der Waals surface area (Å²) < 4.78 is 1.70. The number of benzene rings is 2. The van der Waals surface area contributed by atoms with Crippen LogP contribution in [0.25, 0.3) is 16.9 Å². The highest BCUT2D eigenvalue weighted by Crippen LogP contribution is 2.24. The number of hydrogen-bond acceptors (Lipinski definition) is 3. The van der Waals surface area contributed by atoms with E-state index in [9.17, 15) is 4.79 Å². The molecule has 1 amide bonds. The van der Waals surface area contributed by atoms with E-state index in [1.807, 2.05) is 36.4 Å². The van der Waals surface area contributed by atoms with Crippen LogP contribution in [0, 0.1) is 13.8 Å². The van der Waals surface area contributed by atoms with Crippen molar-refractivity contribution in [3.63, 3.8) is 0 Å². The molecule has 2 heterocycles. The van der Waals surface area contributed by atoms with Crippen LogP contribution >= 0.6 is 11.6 Å². The first kappa shape index (κ1) is 20.6. The van der Waals surface area contributed by atoms with Gasteiger partial charge in [-0.2, -0.15) is 5.10 Å². The number of aromatic nitrogens is 2. The summed E-state index contributed by atoms with van der Waals surface area (Å²) in [5.74, 6) is -0.119. The van der Waals surface area contributed by atoms with Crippen LogP contribution in [-0.2, 0) is 0 Å². The molecule has 0 aliphatic carbocycles. The Labute approximate surface area is 182 Å². The van der Waals surface area contributed by atoms with E-state index < -0.39 is 0 Å². The summed E-state index contributed by atoms with van der Waals surface area (Å²) in [6.07, 6.45) is 2.49. The molecular weight excluding hydrogens is 396 g/mol. The van der Waals surface area contributed by atoms with Gasteiger partial charge in [-0.25, -0.2) is 4.68 Å². The number of aryl methyl sites for hydroxylation is 2. The zero-order valence-corrected chi connectivity index (χ0v) is 18.2. The topological polar surface area (TPSA) is 50.2 Å². The predicted molar refractivity (Wildman–Crippen MR) is 121 cm³/mol. The molecule has 5 nitrogen and oxygen atoms in total. The van der Waals surface area contributed by atoms with Gasteiger partial charge in [-0.05, 0) is 87.3 Å². The second kappa shape index (κ2) is 9.02. The van der Waals surface area contributed by atoms with Crippen LogP contribution in [-0.4, -0.2) is 46.8 Å². The van der Waals surface area contributed by atoms with E-state index in [4.69, 9.17) is 16.7 Å². The van der Waals surface area contributed by atoms with Crippen molar-refractivity contribution in [3.05, 3.63) is 70.4 Å². The third kappa shape index (κ3) is 4.58. The van der Waals surface area contributed by atoms with Gasteiger partial charge >= 0.3 is 0 Å². The number of amides is 1. The van der Waals surface area contributed by atoms with Crippen LogP contribution in [0.5, 0.6) is 0 Å². The molecule has 2 aromatic carbocycles. The molecule has 1 aromatic heterocycles. The molecule has 0 saturated carbocycles. The molecule has 4 rings (SSSR count). The Morgan fingerprint density at radius 1 is 1.03 bits per heavy atom. The van der Waals surface area contributed by atoms with E-state index in [1.54, 1.807) is 4.68 Å². The summed E-state index contributed by atoms with van der Waals surface area (Å²) >= 11 is 6.05. The molecule has 1 aliphatic rings. The lowest BCUT2D eigenvalue weighted by Gasteiger charge is -2.15. The summed E-state index contributed by atoms with van der Waals surface area (Å²) in [6.45, 7) is 7.92. The van der Waals surface area contributed by atoms with E-state index in [0.717, 1.165) is 36.6 Å². The van der Waals surface area contributed by atoms with Crippen LogP contribution < -0.4 is 5.32 Å². The van der Waals surface area contributed by atoms with Crippen molar-refractivity contribution < 1.29 is 4.79 Å². The van der Waals surface area contributed by atoms with Crippen LogP contribution in [0.1, 0.15) is 34.5 Å². The fourth-order valence-corrected chi connectivity index (χ4v) is 3.91. The lowest BCUT2D eigenvalue weighted by Crippen LogP contribution is -2.34. The van der Waals surface area contributed by atoms with Gasteiger partial charge in [0.05, 0.1) is 11.4 Å². The molecule has 1 N–H and O–H groups in total. The minimum atomic E-state index is -0.119. The molecule has 0 atom stereocenters. The summed E-state index contributed by atoms with van der Waals surface area (Å²) in [7, 11) is 0. The fourth-order valence-electron chi connectivity index (χ4n) is 3.79. The number of carbonyl (C=O) groups is 1. The van der Waals surface area contributed by atoms with Gasteiger partial charge in [0.25, 0.3) is 5.91 Å². The molecule has 6 heteroatoms. The molecule has 3 aromatic rings. The Bertz CT molecular complexity index is 1040. The summed E-state index contributed by atoms with van der Waals surface area (Å²) in [5.41, 5.74) is 5.53. The minimum absolute atomic E-state index is 0.119.